The van der Waals surface area contributed by atoms with Crippen LogP contribution in [0.5, 0.6) is 0 Å². The highest BCUT2D eigenvalue weighted by molar-refractivity contribution is 5.90. The average Bonchev–Trinajstić information content (AvgIpc) is 2.26. The van der Waals surface area contributed by atoms with E-state index in [0.29, 0.717) is 23.1 Å². The molecule has 0 fully saturated rings. The minimum atomic E-state index is -1.05. The molecule has 0 aliphatic rings. The molecule has 17 heavy (non-hydrogen) atoms. The molecule has 1 aromatic rings. The predicted octanol–water partition coefficient (Wildman–Crippen LogP) is 2.78. The van der Waals surface area contributed by atoms with Crippen LogP contribution in [0.3, 0.4) is 0 Å². The molecule has 0 saturated heterocycles. The molecule has 1 aromatic carbocycles. The Kier molecular flexibility index (Phi) is 3.98. The summed E-state index contributed by atoms with van der Waals surface area (Å²) in [5, 5.41) is 19.5. The summed E-state index contributed by atoms with van der Waals surface area (Å²) in [5.74, 6) is -1.05. The Morgan fingerprint density at radius 1 is 1.53 bits per heavy atom. The third kappa shape index (κ3) is 2.90. The molecule has 0 spiro atoms. The number of hydrogen-bond acceptors (Lipinski definition) is 3. The molecule has 0 bridgehead atoms. The Morgan fingerprint density at radius 2 is 2.18 bits per heavy atom. The quantitative estimate of drug-likeness (QED) is 0.494. The van der Waals surface area contributed by atoms with Crippen LogP contribution in [0.1, 0.15) is 24.5 Å². The number of carboxylic acid groups (broad SMARTS) is 1. The lowest BCUT2D eigenvalue weighted by Gasteiger charge is -2.08. The van der Waals surface area contributed by atoms with E-state index < -0.39 is 10.9 Å². The number of nitro groups is 1. The van der Waals surface area contributed by atoms with Crippen LogP contribution in [-0.4, -0.2) is 16.0 Å². The van der Waals surface area contributed by atoms with E-state index in [1.807, 2.05) is 6.92 Å². The standard InChI is InChI=1S/C12H13NO4/c1-3-9(7-12(14)15)10-5-4-6-11(8(10)2)13(16)17/h4-7H,3H2,1-2H3,(H,14,15)/b9-7+. The number of nitro benzene ring substituents is 1. The number of hydrogen-bond donors (Lipinski definition) is 1. The lowest BCUT2D eigenvalue weighted by Crippen LogP contribution is -1.98. The van der Waals surface area contributed by atoms with Crippen molar-refractivity contribution in [2.45, 2.75) is 20.3 Å². The molecule has 5 nitrogen and oxygen atoms in total. The van der Waals surface area contributed by atoms with Gasteiger partial charge in [0.1, 0.15) is 0 Å². The first-order valence-corrected chi connectivity index (χ1v) is 5.15. The molecule has 0 heterocycles. The summed E-state index contributed by atoms with van der Waals surface area (Å²) in [6.07, 6.45) is 1.60. The minimum absolute atomic E-state index is 0.00670. The van der Waals surface area contributed by atoms with E-state index in [0.717, 1.165) is 6.08 Å². The second-order valence-electron chi connectivity index (χ2n) is 3.57. The number of carbonyl (C=O) groups is 1. The van der Waals surface area contributed by atoms with Gasteiger partial charge in [-0.15, -0.1) is 0 Å². The van der Waals surface area contributed by atoms with Gasteiger partial charge >= 0.3 is 5.97 Å². The monoisotopic (exact) mass is 235 g/mol. The number of allylic oxidation sites excluding steroid dienone is 1. The first kappa shape index (κ1) is 12.9. The largest absolute Gasteiger partial charge is 0.478 e. The van der Waals surface area contributed by atoms with Gasteiger partial charge in [0.2, 0.25) is 0 Å². The molecule has 0 aliphatic heterocycles. The van der Waals surface area contributed by atoms with Crippen LogP contribution in [0.2, 0.25) is 0 Å². The normalized spacial score (nSPS) is 11.3. The van der Waals surface area contributed by atoms with Crippen molar-refractivity contribution >= 4 is 17.2 Å². The highest BCUT2D eigenvalue weighted by Gasteiger charge is 2.15. The molecule has 0 aromatic heterocycles. The molecule has 0 amide bonds. The summed E-state index contributed by atoms with van der Waals surface area (Å²) in [7, 11) is 0. The van der Waals surface area contributed by atoms with Gasteiger partial charge in [-0.25, -0.2) is 4.79 Å². The van der Waals surface area contributed by atoms with E-state index in [9.17, 15) is 14.9 Å². The summed E-state index contributed by atoms with van der Waals surface area (Å²) >= 11 is 0. The molecule has 0 saturated carbocycles. The Morgan fingerprint density at radius 3 is 2.65 bits per heavy atom. The second kappa shape index (κ2) is 5.25. The van der Waals surface area contributed by atoms with Gasteiger partial charge in [-0.2, -0.15) is 0 Å². The van der Waals surface area contributed by atoms with Gasteiger partial charge in [0.25, 0.3) is 5.69 Å². The maximum Gasteiger partial charge on any atom is 0.328 e. The van der Waals surface area contributed by atoms with Crippen molar-refractivity contribution in [2.75, 3.05) is 0 Å². The number of aliphatic carboxylic acids is 1. The van der Waals surface area contributed by atoms with Crippen LogP contribution >= 0.6 is 0 Å². The Bertz CT molecular complexity index is 491. The van der Waals surface area contributed by atoms with E-state index >= 15 is 0 Å². The molecule has 0 atom stereocenters. The maximum absolute atomic E-state index is 10.8. The van der Waals surface area contributed by atoms with Crippen molar-refractivity contribution in [3.05, 3.63) is 45.5 Å². The molecule has 1 N–H and O–H groups in total. The third-order valence-electron chi connectivity index (χ3n) is 2.53. The topological polar surface area (TPSA) is 80.4 Å². The van der Waals surface area contributed by atoms with Gasteiger partial charge in [-0.3, -0.25) is 10.1 Å². The van der Waals surface area contributed by atoms with Crippen LogP contribution in [0.15, 0.2) is 24.3 Å². The fourth-order valence-electron chi connectivity index (χ4n) is 1.69. The van der Waals surface area contributed by atoms with Crippen LogP contribution in [-0.2, 0) is 4.79 Å². The molecule has 0 radical (unpaired) electrons. The summed E-state index contributed by atoms with van der Waals surface area (Å²) in [4.78, 5) is 21.0. The van der Waals surface area contributed by atoms with Crippen molar-refractivity contribution in [3.8, 4) is 0 Å². The van der Waals surface area contributed by atoms with Gasteiger partial charge < -0.3 is 5.11 Å². The Labute approximate surface area is 98.5 Å². The first-order valence-electron chi connectivity index (χ1n) is 5.15. The van der Waals surface area contributed by atoms with E-state index in [2.05, 4.69) is 0 Å². The van der Waals surface area contributed by atoms with Crippen molar-refractivity contribution in [1.82, 2.24) is 0 Å². The van der Waals surface area contributed by atoms with Crippen LogP contribution in [0, 0.1) is 17.0 Å². The van der Waals surface area contributed by atoms with E-state index in [1.54, 1.807) is 19.1 Å². The third-order valence-corrected chi connectivity index (χ3v) is 2.53. The number of rotatable bonds is 4. The van der Waals surface area contributed by atoms with E-state index in [1.165, 1.54) is 6.07 Å². The minimum Gasteiger partial charge on any atom is -0.478 e. The van der Waals surface area contributed by atoms with Crippen molar-refractivity contribution < 1.29 is 14.8 Å². The molecular weight excluding hydrogens is 222 g/mol. The maximum atomic E-state index is 10.8. The Hall–Kier alpha value is -2.17. The summed E-state index contributed by atoms with van der Waals surface area (Å²) < 4.78 is 0. The molecule has 0 unspecified atom stereocenters. The zero-order chi connectivity index (χ0) is 13.0. The first-order chi connectivity index (χ1) is 7.97. The Balaban J connectivity index is 3.36. The van der Waals surface area contributed by atoms with Gasteiger partial charge in [0.15, 0.2) is 0 Å². The van der Waals surface area contributed by atoms with Crippen molar-refractivity contribution in [1.29, 1.82) is 0 Å². The molecular formula is C12H13NO4. The second-order valence-corrected chi connectivity index (χ2v) is 3.57. The molecule has 0 aliphatic carbocycles. The number of benzene rings is 1. The lowest BCUT2D eigenvalue weighted by atomic mass is 9.97. The van der Waals surface area contributed by atoms with Crippen molar-refractivity contribution in [3.63, 3.8) is 0 Å². The summed E-state index contributed by atoms with van der Waals surface area (Å²) in [6, 6.07) is 4.67. The van der Waals surface area contributed by atoms with E-state index in [4.69, 9.17) is 5.11 Å². The average molecular weight is 235 g/mol. The van der Waals surface area contributed by atoms with E-state index in [-0.39, 0.29) is 5.69 Å². The van der Waals surface area contributed by atoms with Gasteiger partial charge in [0.05, 0.1) is 4.92 Å². The zero-order valence-corrected chi connectivity index (χ0v) is 9.64. The van der Waals surface area contributed by atoms with Crippen LogP contribution in [0.4, 0.5) is 5.69 Å². The highest BCUT2D eigenvalue weighted by Crippen LogP contribution is 2.28. The fraction of sp³-hybridized carbons (Fsp3) is 0.250. The summed E-state index contributed by atoms with van der Waals surface area (Å²) in [6.45, 7) is 3.44. The number of carboxylic acids is 1. The lowest BCUT2D eigenvalue weighted by molar-refractivity contribution is -0.385. The number of nitrogens with zero attached hydrogens (tertiary/aromatic N) is 1. The van der Waals surface area contributed by atoms with Gasteiger partial charge in [-0.05, 0) is 24.5 Å². The molecule has 5 heteroatoms. The predicted molar refractivity (Wildman–Crippen MR) is 63.7 cm³/mol. The highest BCUT2D eigenvalue weighted by atomic mass is 16.6. The molecule has 90 valence electrons. The van der Waals surface area contributed by atoms with Crippen LogP contribution < -0.4 is 0 Å². The fourth-order valence-corrected chi connectivity index (χ4v) is 1.69. The summed E-state index contributed by atoms with van der Waals surface area (Å²) in [5.41, 5.74) is 1.70. The zero-order valence-electron chi connectivity index (χ0n) is 9.64. The van der Waals surface area contributed by atoms with Gasteiger partial charge in [0, 0.05) is 17.7 Å². The van der Waals surface area contributed by atoms with Crippen LogP contribution in [0.25, 0.3) is 5.57 Å². The molecule has 1 rings (SSSR count). The smallest absolute Gasteiger partial charge is 0.328 e. The van der Waals surface area contributed by atoms with Gasteiger partial charge in [-0.1, -0.05) is 19.1 Å². The SMILES string of the molecule is CC/C(=C\C(=O)O)c1cccc([N+](=O)[O-])c1C. The van der Waals surface area contributed by atoms with Crippen molar-refractivity contribution in [2.24, 2.45) is 0 Å².